The van der Waals surface area contributed by atoms with Crippen molar-refractivity contribution in [1.29, 1.82) is 0 Å². The number of hydrogen-bond acceptors (Lipinski definition) is 3. The molecule has 0 radical (unpaired) electrons. The minimum Gasteiger partial charge on any atom is -0.403 e. The van der Waals surface area contributed by atoms with Gasteiger partial charge in [0.2, 0.25) is 0 Å². The topological polar surface area (TPSA) is 41.6 Å². The maximum atomic E-state index is 5.13. The van der Waals surface area contributed by atoms with E-state index in [0.717, 1.165) is 0 Å². The van der Waals surface area contributed by atoms with Crippen molar-refractivity contribution in [2.75, 3.05) is 0 Å². The second-order valence-corrected chi connectivity index (χ2v) is 1.96. The van der Waals surface area contributed by atoms with Gasteiger partial charge in [0.1, 0.15) is 0 Å². The van der Waals surface area contributed by atoms with E-state index in [1.807, 2.05) is 13.8 Å². The van der Waals surface area contributed by atoms with Crippen molar-refractivity contribution >= 4 is 6.72 Å². The quantitative estimate of drug-likeness (QED) is 0.449. The fourth-order valence-corrected chi connectivity index (χ4v) is 0.471. The van der Waals surface area contributed by atoms with Crippen LogP contribution in [0.5, 0.6) is 0 Å². The average molecular weight is 127 g/mol. The first-order valence-corrected chi connectivity index (χ1v) is 2.85. The molecule has 3 heteroatoms. The van der Waals surface area contributed by atoms with Crippen LogP contribution in [-0.2, 0) is 0 Å². The fraction of sp³-hybridized carbons (Fsp3) is 0.500. The molecule has 0 aliphatic heterocycles. The standard InChI is InChI=1S/C6H13N3/c1-6(2)9(8-3)5-4-7/h4-6H,3,7H2,1-2H3/b5-4-. The van der Waals surface area contributed by atoms with Crippen LogP contribution in [0.4, 0.5) is 0 Å². The van der Waals surface area contributed by atoms with Crippen molar-refractivity contribution in [1.82, 2.24) is 5.01 Å². The summed E-state index contributed by atoms with van der Waals surface area (Å²) >= 11 is 0. The highest BCUT2D eigenvalue weighted by atomic mass is 15.4. The van der Waals surface area contributed by atoms with Crippen LogP contribution >= 0.6 is 0 Å². The molecule has 0 aromatic heterocycles. The molecule has 0 aliphatic rings. The van der Waals surface area contributed by atoms with E-state index in [2.05, 4.69) is 11.8 Å². The summed E-state index contributed by atoms with van der Waals surface area (Å²) in [5.41, 5.74) is 5.13. The number of rotatable bonds is 3. The molecule has 0 aromatic carbocycles. The Bertz CT molecular complexity index is 107. The van der Waals surface area contributed by atoms with Crippen LogP contribution in [0.15, 0.2) is 17.5 Å². The van der Waals surface area contributed by atoms with Crippen molar-refractivity contribution in [3.05, 3.63) is 12.4 Å². The minimum absolute atomic E-state index is 0.322. The SMILES string of the molecule is C=NN(/C=C\N)C(C)C. The molecule has 0 unspecified atom stereocenters. The number of nitrogens with zero attached hydrogens (tertiary/aromatic N) is 2. The summed E-state index contributed by atoms with van der Waals surface area (Å²) in [6.07, 6.45) is 3.12. The monoisotopic (exact) mass is 127 g/mol. The normalized spacial score (nSPS) is 10.6. The third kappa shape index (κ3) is 2.74. The first kappa shape index (κ1) is 8.01. The highest BCUT2D eigenvalue weighted by molar-refractivity contribution is 5.22. The van der Waals surface area contributed by atoms with Gasteiger partial charge in [-0.25, -0.2) is 0 Å². The molecule has 0 atom stereocenters. The fourth-order valence-electron chi connectivity index (χ4n) is 0.471. The molecule has 0 rings (SSSR count). The first-order chi connectivity index (χ1) is 4.22. The molecule has 0 aliphatic carbocycles. The highest BCUT2D eigenvalue weighted by Gasteiger charge is 1.97. The molecule has 52 valence electrons. The Morgan fingerprint density at radius 3 is 2.33 bits per heavy atom. The Morgan fingerprint density at radius 1 is 1.67 bits per heavy atom. The van der Waals surface area contributed by atoms with Crippen molar-refractivity contribution in [3.63, 3.8) is 0 Å². The van der Waals surface area contributed by atoms with Crippen molar-refractivity contribution in [2.45, 2.75) is 19.9 Å². The predicted molar refractivity (Wildman–Crippen MR) is 39.9 cm³/mol. The summed E-state index contributed by atoms with van der Waals surface area (Å²) < 4.78 is 0. The Hall–Kier alpha value is -0.990. The Balaban J connectivity index is 3.82. The average Bonchev–Trinajstić information content (AvgIpc) is 1.82. The molecule has 3 nitrogen and oxygen atoms in total. The first-order valence-electron chi connectivity index (χ1n) is 2.85. The van der Waals surface area contributed by atoms with E-state index in [-0.39, 0.29) is 0 Å². The van der Waals surface area contributed by atoms with Crippen LogP contribution in [0.25, 0.3) is 0 Å². The van der Waals surface area contributed by atoms with Crippen LogP contribution in [-0.4, -0.2) is 17.8 Å². The maximum absolute atomic E-state index is 5.13. The zero-order valence-electron chi connectivity index (χ0n) is 5.91. The van der Waals surface area contributed by atoms with E-state index in [4.69, 9.17) is 5.73 Å². The zero-order chi connectivity index (χ0) is 7.28. The Morgan fingerprint density at radius 2 is 2.22 bits per heavy atom. The Labute approximate surface area is 55.8 Å². The summed E-state index contributed by atoms with van der Waals surface area (Å²) in [6.45, 7) is 7.39. The molecule has 0 heterocycles. The number of hydrogen-bond donors (Lipinski definition) is 1. The summed E-state index contributed by atoms with van der Waals surface area (Å²) in [4.78, 5) is 0. The van der Waals surface area contributed by atoms with E-state index in [1.54, 1.807) is 11.2 Å². The van der Waals surface area contributed by atoms with Crippen LogP contribution in [0.3, 0.4) is 0 Å². The van der Waals surface area contributed by atoms with E-state index in [1.165, 1.54) is 6.20 Å². The van der Waals surface area contributed by atoms with Gasteiger partial charge in [0.25, 0.3) is 0 Å². The Kier molecular flexibility index (Phi) is 3.51. The lowest BCUT2D eigenvalue weighted by Crippen LogP contribution is -2.18. The third-order valence-electron chi connectivity index (χ3n) is 0.931. The van der Waals surface area contributed by atoms with Crippen molar-refractivity contribution in [3.8, 4) is 0 Å². The van der Waals surface area contributed by atoms with Crippen LogP contribution in [0, 0.1) is 0 Å². The maximum Gasteiger partial charge on any atom is 0.0463 e. The van der Waals surface area contributed by atoms with E-state index in [0.29, 0.717) is 6.04 Å². The van der Waals surface area contributed by atoms with Crippen LogP contribution in [0.2, 0.25) is 0 Å². The van der Waals surface area contributed by atoms with Gasteiger partial charge in [-0.15, -0.1) is 0 Å². The lowest BCUT2D eigenvalue weighted by atomic mass is 10.4. The molecule has 2 N–H and O–H groups in total. The summed E-state index contributed by atoms with van der Waals surface area (Å²) in [7, 11) is 0. The van der Waals surface area contributed by atoms with Gasteiger partial charge in [-0.05, 0) is 13.8 Å². The van der Waals surface area contributed by atoms with Crippen LogP contribution in [0.1, 0.15) is 13.8 Å². The molecule has 0 spiro atoms. The largest absolute Gasteiger partial charge is 0.403 e. The van der Waals surface area contributed by atoms with Crippen molar-refractivity contribution < 1.29 is 0 Å². The second-order valence-electron chi connectivity index (χ2n) is 1.96. The predicted octanol–water partition coefficient (Wildman–Crippen LogP) is 0.742. The van der Waals surface area contributed by atoms with Gasteiger partial charge >= 0.3 is 0 Å². The molecule has 0 saturated heterocycles. The molecule has 0 saturated carbocycles. The molecular formula is C6H13N3. The number of nitrogens with two attached hydrogens (primary N) is 1. The highest BCUT2D eigenvalue weighted by Crippen LogP contribution is 1.96. The summed E-state index contributed by atoms with van der Waals surface area (Å²) in [5.74, 6) is 0. The zero-order valence-corrected chi connectivity index (χ0v) is 5.91. The summed E-state index contributed by atoms with van der Waals surface area (Å²) in [5, 5.41) is 5.37. The lowest BCUT2D eigenvalue weighted by molar-refractivity contribution is 0.330. The van der Waals surface area contributed by atoms with E-state index >= 15 is 0 Å². The summed E-state index contributed by atoms with van der Waals surface area (Å²) in [6, 6.07) is 0.322. The molecule has 0 aromatic rings. The smallest absolute Gasteiger partial charge is 0.0463 e. The van der Waals surface area contributed by atoms with Gasteiger partial charge in [-0.2, -0.15) is 5.10 Å². The lowest BCUT2D eigenvalue weighted by Gasteiger charge is -2.16. The van der Waals surface area contributed by atoms with E-state index in [9.17, 15) is 0 Å². The van der Waals surface area contributed by atoms with E-state index < -0.39 is 0 Å². The molecular weight excluding hydrogens is 114 g/mol. The molecule has 0 fully saturated rings. The van der Waals surface area contributed by atoms with Crippen LogP contribution < -0.4 is 5.73 Å². The van der Waals surface area contributed by atoms with Gasteiger partial charge in [0.05, 0.1) is 0 Å². The van der Waals surface area contributed by atoms with Crippen molar-refractivity contribution in [2.24, 2.45) is 10.8 Å². The second kappa shape index (κ2) is 3.95. The minimum atomic E-state index is 0.322. The molecule has 0 bridgehead atoms. The van der Waals surface area contributed by atoms with Gasteiger partial charge < -0.3 is 5.73 Å². The van der Waals surface area contributed by atoms with Gasteiger partial charge in [-0.3, -0.25) is 5.01 Å². The number of hydrazone groups is 1. The van der Waals surface area contributed by atoms with Gasteiger partial charge in [0, 0.05) is 25.2 Å². The van der Waals surface area contributed by atoms with Gasteiger partial charge in [-0.1, -0.05) is 0 Å². The molecule has 0 amide bonds. The third-order valence-corrected chi connectivity index (χ3v) is 0.931. The molecule has 9 heavy (non-hydrogen) atoms. The van der Waals surface area contributed by atoms with Gasteiger partial charge in [0.15, 0.2) is 0 Å².